The van der Waals surface area contributed by atoms with Crippen LogP contribution in [-0.2, 0) is 6.42 Å². The number of aryl methyl sites for hydroxylation is 1. The van der Waals surface area contributed by atoms with E-state index in [9.17, 15) is 4.79 Å². The van der Waals surface area contributed by atoms with E-state index in [1.54, 1.807) is 0 Å². The molecule has 1 aromatic heterocycles. The first-order chi connectivity index (χ1) is 9.74. The molecule has 1 N–H and O–H groups in total. The summed E-state index contributed by atoms with van der Waals surface area (Å²) in [7, 11) is 0. The largest absolute Gasteiger partial charge is 0.370 e. The SMILES string of the molecule is CCCNc1cc(C(=O)N2CCCC2)cc(CCC)n1. The van der Waals surface area contributed by atoms with Crippen molar-refractivity contribution in [2.24, 2.45) is 0 Å². The topological polar surface area (TPSA) is 45.2 Å². The highest BCUT2D eigenvalue weighted by Gasteiger charge is 2.20. The van der Waals surface area contributed by atoms with E-state index in [0.29, 0.717) is 0 Å². The van der Waals surface area contributed by atoms with E-state index < -0.39 is 0 Å². The second kappa shape index (κ2) is 7.27. The lowest BCUT2D eigenvalue weighted by molar-refractivity contribution is 0.0792. The summed E-state index contributed by atoms with van der Waals surface area (Å²) in [5.41, 5.74) is 1.79. The number of likely N-dealkylation sites (tertiary alicyclic amines) is 1. The number of rotatable bonds is 6. The predicted molar refractivity (Wildman–Crippen MR) is 82.2 cm³/mol. The molecule has 1 aromatic rings. The van der Waals surface area contributed by atoms with E-state index in [2.05, 4.69) is 24.1 Å². The van der Waals surface area contributed by atoms with Crippen LogP contribution in [0.3, 0.4) is 0 Å². The highest BCUT2D eigenvalue weighted by molar-refractivity contribution is 5.95. The smallest absolute Gasteiger partial charge is 0.254 e. The Kier molecular flexibility index (Phi) is 5.39. The average Bonchev–Trinajstić information content (AvgIpc) is 2.98. The summed E-state index contributed by atoms with van der Waals surface area (Å²) in [6.07, 6.45) is 5.26. The number of nitrogens with zero attached hydrogens (tertiary/aromatic N) is 2. The molecule has 0 aromatic carbocycles. The summed E-state index contributed by atoms with van der Waals surface area (Å²) in [5, 5.41) is 3.30. The highest BCUT2D eigenvalue weighted by Crippen LogP contribution is 2.17. The van der Waals surface area contributed by atoms with Gasteiger partial charge in [-0.2, -0.15) is 0 Å². The van der Waals surface area contributed by atoms with Crippen molar-refractivity contribution in [1.29, 1.82) is 0 Å². The Morgan fingerprint density at radius 1 is 1.25 bits per heavy atom. The first-order valence-corrected chi connectivity index (χ1v) is 7.78. The highest BCUT2D eigenvalue weighted by atomic mass is 16.2. The van der Waals surface area contributed by atoms with Crippen molar-refractivity contribution < 1.29 is 4.79 Å². The van der Waals surface area contributed by atoms with Crippen LogP contribution in [0.25, 0.3) is 0 Å². The summed E-state index contributed by atoms with van der Waals surface area (Å²) in [6, 6.07) is 3.86. The minimum atomic E-state index is 0.154. The lowest BCUT2D eigenvalue weighted by Crippen LogP contribution is -2.28. The third kappa shape index (κ3) is 3.71. The molecule has 110 valence electrons. The molecule has 0 unspecified atom stereocenters. The zero-order valence-electron chi connectivity index (χ0n) is 12.6. The van der Waals surface area contributed by atoms with Gasteiger partial charge in [0.15, 0.2) is 0 Å². The van der Waals surface area contributed by atoms with Gasteiger partial charge in [-0.1, -0.05) is 20.3 Å². The molecule has 0 atom stereocenters. The van der Waals surface area contributed by atoms with Crippen molar-refractivity contribution >= 4 is 11.7 Å². The van der Waals surface area contributed by atoms with Gasteiger partial charge < -0.3 is 10.2 Å². The summed E-state index contributed by atoms with van der Waals surface area (Å²) in [4.78, 5) is 19.0. The van der Waals surface area contributed by atoms with Gasteiger partial charge in [0, 0.05) is 30.9 Å². The maximum atomic E-state index is 12.5. The molecule has 2 rings (SSSR count). The molecule has 1 aliphatic heterocycles. The fourth-order valence-electron chi connectivity index (χ4n) is 2.54. The Bertz CT molecular complexity index is 453. The summed E-state index contributed by atoms with van der Waals surface area (Å²) in [6.45, 7) is 6.93. The van der Waals surface area contributed by atoms with Crippen molar-refractivity contribution in [3.05, 3.63) is 23.4 Å². The van der Waals surface area contributed by atoms with Crippen LogP contribution >= 0.6 is 0 Å². The van der Waals surface area contributed by atoms with E-state index in [1.165, 1.54) is 0 Å². The standard InChI is InChI=1S/C16H25N3O/c1-3-7-14-11-13(12-15(18-14)17-8-4-2)16(20)19-9-5-6-10-19/h11-12H,3-10H2,1-2H3,(H,17,18). The van der Waals surface area contributed by atoms with E-state index in [4.69, 9.17) is 0 Å². The molecule has 0 saturated carbocycles. The number of anilines is 1. The Hall–Kier alpha value is -1.58. The second-order valence-electron chi connectivity index (χ2n) is 5.41. The number of amides is 1. The molecule has 1 fully saturated rings. The molecule has 2 heterocycles. The number of hydrogen-bond donors (Lipinski definition) is 1. The first kappa shape index (κ1) is 14.8. The number of carbonyl (C=O) groups excluding carboxylic acids is 1. The Morgan fingerprint density at radius 3 is 2.65 bits per heavy atom. The Balaban J connectivity index is 2.20. The van der Waals surface area contributed by atoms with Crippen molar-refractivity contribution in [2.45, 2.75) is 46.0 Å². The third-order valence-corrected chi connectivity index (χ3v) is 3.58. The zero-order valence-corrected chi connectivity index (χ0v) is 12.6. The maximum Gasteiger partial charge on any atom is 0.254 e. The molecule has 20 heavy (non-hydrogen) atoms. The van der Waals surface area contributed by atoms with Crippen molar-refractivity contribution in [3.8, 4) is 0 Å². The van der Waals surface area contributed by atoms with Crippen LogP contribution in [0.5, 0.6) is 0 Å². The molecule has 1 aliphatic rings. The van der Waals surface area contributed by atoms with Gasteiger partial charge in [-0.05, 0) is 37.8 Å². The summed E-state index contributed by atoms with van der Waals surface area (Å²) < 4.78 is 0. The summed E-state index contributed by atoms with van der Waals surface area (Å²) >= 11 is 0. The molecule has 0 aliphatic carbocycles. The van der Waals surface area contributed by atoms with Gasteiger partial charge in [-0.15, -0.1) is 0 Å². The van der Waals surface area contributed by atoms with Gasteiger partial charge in [0.25, 0.3) is 5.91 Å². The van der Waals surface area contributed by atoms with E-state index in [0.717, 1.165) is 68.8 Å². The van der Waals surface area contributed by atoms with Crippen LogP contribution in [0.4, 0.5) is 5.82 Å². The molecule has 0 spiro atoms. The number of nitrogens with one attached hydrogen (secondary N) is 1. The van der Waals surface area contributed by atoms with Crippen molar-refractivity contribution in [1.82, 2.24) is 9.88 Å². The van der Waals surface area contributed by atoms with E-state index >= 15 is 0 Å². The fourth-order valence-corrected chi connectivity index (χ4v) is 2.54. The molecule has 0 radical (unpaired) electrons. The van der Waals surface area contributed by atoms with Gasteiger partial charge in [0.1, 0.15) is 5.82 Å². The lowest BCUT2D eigenvalue weighted by Gasteiger charge is -2.16. The zero-order chi connectivity index (χ0) is 14.4. The van der Waals surface area contributed by atoms with Gasteiger partial charge in [-0.3, -0.25) is 4.79 Å². The minimum absolute atomic E-state index is 0.154. The van der Waals surface area contributed by atoms with Gasteiger partial charge >= 0.3 is 0 Å². The molecule has 1 saturated heterocycles. The normalized spacial score (nSPS) is 14.6. The quantitative estimate of drug-likeness (QED) is 0.867. The van der Waals surface area contributed by atoms with Gasteiger partial charge in [-0.25, -0.2) is 4.98 Å². The van der Waals surface area contributed by atoms with Crippen LogP contribution in [0.15, 0.2) is 12.1 Å². The lowest BCUT2D eigenvalue weighted by atomic mass is 10.1. The molecule has 1 amide bonds. The maximum absolute atomic E-state index is 12.5. The molecule has 4 heteroatoms. The Morgan fingerprint density at radius 2 is 2.00 bits per heavy atom. The van der Waals surface area contributed by atoms with E-state index in [-0.39, 0.29) is 5.91 Å². The Labute approximate surface area is 121 Å². The number of hydrogen-bond acceptors (Lipinski definition) is 3. The summed E-state index contributed by atoms with van der Waals surface area (Å²) in [5.74, 6) is 0.988. The van der Waals surface area contributed by atoms with Crippen molar-refractivity contribution in [2.75, 3.05) is 25.0 Å². The minimum Gasteiger partial charge on any atom is -0.370 e. The van der Waals surface area contributed by atoms with Crippen LogP contribution in [-0.4, -0.2) is 35.4 Å². The van der Waals surface area contributed by atoms with Gasteiger partial charge in [0.2, 0.25) is 0 Å². The second-order valence-corrected chi connectivity index (χ2v) is 5.41. The van der Waals surface area contributed by atoms with Crippen LogP contribution in [0, 0.1) is 0 Å². The average molecular weight is 275 g/mol. The molecule has 4 nitrogen and oxygen atoms in total. The monoisotopic (exact) mass is 275 g/mol. The number of aromatic nitrogens is 1. The van der Waals surface area contributed by atoms with Crippen LogP contribution in [0.2, 0.25) is 0 Å². The predicted octanol–water partition coefficient (Wildman–Crippen LogP) is 3.09. The first-order valence-electron chi connectivity index (χ1n) is 7.78. The number of pyridine rings is 1. The fraction of sp³-hybridized carbons (Fsp3) is 0.625. The van der Waals surface area contributed by atoms with Crippen LogP contribution < -0.4 is 5.32 Å². The molecule has 0 bridgehead atoms. The molecular weight excluding hydrogens is 250 g/mol. The van der Waals surface area contributed by atoms with E-state index in [1.807, 2.05) is 17.0 Å². The molecular formula is C16H25N3O. The van der Waals surface area contributed by atoms with Crippen molar-refractivity contribution in [3.63, 3.8) is 0 Å². The third-order valence-electron chi connectivity index (χ3n) is 3.58. The van der Waals surface area contributed by atoms with Gasteiger partial charge in [0.05, 0.1) is 0 Å². The van der Waals surface area contributed by atoms with Crippen LogP contribution in [0.1, 0.15) is 55.6 Å². The number of carbonyl (C=O) groups is 1.